The fraction of sp³-hybridized carbons (Fsp3) is 0.583. The second kappa shape index (κ2) is 6.38. The fourth-order valence-corrected chi connectivity index (χ4v) is 2.32. The summed E-state index contributed by atoms with van der Waals surface area (Å²) in [6.07, 6.45) is 2.33. The number of carbonyl (C=O) groups excluding carboxylic acids is 1. The molecule has 3 N–H and O–H groups in total. The van der Waals surface area contributed by atoms with Crippen molar-refractivity contribution in [2.75, 3.05) is 43.6 Å². The summed E-state index contributed by atoms with van der Waals surface area (Å²) in [5, 5.41) is 0. The van der Waals surface area contributed by atoms with Gasteiger partial charge in [-0.2, -0.15) is 0 Å². The third-order valence-electron chi connectivity index (χ3n) is 3.37. The van der Waals surface area contributed by atoms with E-state index < -0.39 is 0 Å². The van der Waals surface area contributed by atoms with Crippen molar-refractivity contribution in [2.24, 2.45) is 5.84 Å². The number of nitrogens with two attached hydrogens (primary N) is 1. The Kier molecular flexibility index (Phi) is 4.57. The standard InChI is InChI=1S/C12H20N6O2/c1-9(19)17-4-3-5-18(7-6-17)12-10(20-2)11(16-13)14-8-15-12/h8H,3-7,13H2,1-2H3,(H,14,15,16). The third kappa shape index (κ3) is 2.90. The SMILES string of the molecule is COc1c(NN)ncnc1N1CCCN(C(C)=O)CC1. The van der Waals surface area contributed by atoms with E-state index in [0.29, 0.717) is 30.5 Å². The third-order valence-corrected chi connectivity index (χ3v) is 3.37. The second-order valence-electron chi connectivity index (χ2n) is 4.57. The molecule has 2 heterocycles. The molecule has 2 rings (SSSR count). The van der Waals surface area contributed by atoms with Gasteiger partial charge in [0.25, 0.3) is 0 Å². The van der Waals surface area contributed by atoms with E-state index in [2.05, 4.69) is 20.3 Å². The Balaban J connectivity index is 2.21. The topological polar surface area (TPSA) is 96.6 Å². The van der Waals surface area contributed by atoms with Crippen LogP contribution in [0.15, 0.2) is 6.33 Å². The molecular formula is C12H20N6O2. The molecule has 0 radical (unpaired) electrons. The molecule has 1 aromatic heterocycles. The summed E-state index contributed by atoms with van der Waals surface area (Å²) in [5.41, 5.74) is 2.50. The van der Waals surface area contributed by atoms with Gasteiger partial charge in [-0.25, -0.2) is 15.8 Å². The van der Waals surface area contributed by atoms with E-state index in [9.17, 15) is 4.79 Å². The number of carbonyl (C=O) groups is 1. The summed E-state index contributed by atoms with van der Waals surface area (Å²) in [6, 6.07) is 0. The number of hydrazine groups is 1. The van der Waals surface area contributed by atoms with Crippen LogP contribution in [0.2, 0.25) is 0 Å². The molecule has 1 saturated heterocycles. The molecule has 0 aromatic carbocycles. The minimum Gasteiger partial charge on any atom is -0.490 e. The minimum absolute atomic E-state index is 0.103. The van der Waals surface area contributed by atoms with Gasteiger partial charge >= 0.3 is 0 Å². The largest absolute Gasteiger partial charge is 0.490 e. The lowest BCUT2D eigenvalue weighted by Gasteiger charge is -2.24. The van der Waals surface area contributed by atoms with Crippen molar-refractivity contribution in [3.8, 4) is 5.75 Å². The number of hydrogen-bond donors (Lipinski definition) is 2. The van der Waals surface area contributed by atoms with Gasteiger partial charge in [0.05, 0.1) is 7.11 Å². The molecule has 20 heavy (non-hydrogen) atoms. The molecular weight excluding hydrogens is 260 g/mol. The summed E-state index contributed by atoms with van der Waals surface area (Å²) < 4.78 is 5.35. The van der Waals surface area contributed by atoms with Crippen LogP contribution in [0.3, 0.4) is 0 Å². The lowest BCUT2D eigenvalue weighted by molar-refractivity contribution is -0.128. The Morgan fingerprint density at radius 2 is 2.15 bits per heavy atom. The number of nitrogens with one attached hydrogen (secondary N) is 1. The number of rotatable bonds is 3. The van der Waals surface area contributed by atoms with Gasteiger partial charge in [-0.05, 0) is 6.42 Å². The van der Waals surface area contributed by atoms with Crippen LogP contribution in [0.5, 0.6) is 5.75 Å². The van der Waals surface area contributed by atoms with Crippen LogP contribution in [0.25, 0.3) is 0 Å². The number of hydrogen-bond acceptors (Lipinski definition) is 7. The minimum atomic E-state index is 0.103. The first-order chi connectivity index (χ1) is 9.67. The number of methoxy groups -OCH3 is 1. The smallest absolute Gasteiger partial charge is 0.219 e. The molecule has 1 fully saturated rings. The van der Waals surface area contributed by atoms with Gasteiger partial charge in [-0.1, -0.05) is 0 Å². The van der Waals surface area contributed by atoms with Crippen molar-refractivity contribution in [3.63, 3.8) is 0 Å². The Bertz CT molecular complexity index is 481. The number of nitrogens with zero attached hydrogens (tertiary/aromatic N) is 4. The van der Waals surface area contributed by atoms with Gasteiger partial charge in [-0.3, -0.25) is 4.79 Å². The first-order valence-corrected chi connectivity index (χ1v) is 6.53. The first kappa shape index (κ1) is 14.3. The number of aromatic nitrogens is 2. The first-order valence-electron chi connectivity index (χ1n) is 6.53. The highest BCUT2D eigenvalue weighted by Gasteiger charge is 2.22. The highest BCUT2D eigenvalue weighted by molar-refractivity contribution is 5.73. The maximum absolute atomic E-state index is 11.4. The van der Waals surface area contributed by atoms with E-state index in [1.54, 1.807) is 14.0 Å². The molecule has 1 aliphatic rings. The monoisotopic (exact) mass is 280 g/mol. The van der Waals surface area contributed by atoms with E-state index in [1.807, 2.05) is 4.90 Å². The molecule has 8 heteroatoms. The molecule has 1 aromatic rings. The summed E-state index contributed by atoms with van der Waals surface area (Å²) in [4.78, 5) is 23.7. The van der Waals surface area contributed by atoms with Gasteiger partial charge in [0.15, 0.2) is 11.6 Å². The summed E-state index contributed by atoms with van der Waals surface area (Å²) >= 11 is 0. The van der Waals surface area contributed by atoms with Crippen LogP contribution >= 0.6 is 0 Å². The lowest BCUT2D eigenvalue weighted by atomic mass is 10.3. The maximum atomic E-state index is 11.4. The summed E-state index contributed by atoms with van der Waals surface area (Å²) in [7, 11) is 1.56. The number of nitrogen functional groups attached to an aromatic ring is 1. The Hall–Kier alpha value is -2.09. The van der Waals surface area contributed by atoms with Gasteiger partial charge in [0.2, 0.25) is 11.7 Å². The Labute approximate surface area is 117 Å². The van der Waals surface area contributed by atoms with Crippen LogP contribution in [0, 0.1) is 0 Å². The van der Waals surface area contributed by atoms with Gasteiger partial charge in [-0.15, -0.1) is 0 Å². The maximum Gasteiger partial charge on any atom is 0.219 e. The molecule has 0 aliphatic carbocycles. The molecule has 110 valence electrons. The fourth-order valence-electron chi connectivity index (χ4n) is 2.32. The highest BCUT2D eigenvalue weighted by Crippen LogP contribution is 2.31. The van der Waals surface area contributed by atoms with E-state index >= 15 is 0 Å². The highest BCUT2D eigenvalue weighted by atomic mass is 16.5. The second-order valence-corrected chi connectivity index (χ2v) is 4.57. The lowest BCUT2D eigenvalue weighted by Crippen LogP contribution is -2.34. The molecule has 0 spiro atoms. The van der Waals surface area contributed by atoms with Gasteiger partial charge < -0.3 is 20.0 Å². The number of ether oxygens (including phenoxy) is 1. The van der Waals surface area contributed by atoms with Gasteiger partial charge in [0.1, 0.15) is 6.33 Å². The van der Waals surface area contributed by atoms with Crippen LogP contribution in [0.4, 0.5) is 11.6 Å². The van der Waals surface area contributed by atoms with Crippen LogP contribution in [0.1, 0.15) is 13.3 Å². The normalized spacial score (nSPS) is 15.8. The van der Waals surface area contributed by atoms with E-state index in [4.69, 9.17) is 10.6 Å². The molecule has 0 bridgehead atoms. The van der Waals surface area contributed by atoms with Gasteiger partial charge in [0, 0.05) is 33.1 Å². The Morgan fingerprint density at radius 3 is 2.80 bits per heavy atom. The van der Waals surface area contributed by atoms with Crippen molar-refractivity contribution in [2.45, 2.75) is 13.3 Å². The zero-order valence-electron chi connectivity index (χ0n) is 11.8. The molecule has 1 amide bonds. The summed E-state index contributed by atoms with van der Waals surface area (Å²) in [5.74, 6) is 7.19. The van der Waals surface area contributed by atoms with E-state index in [1.165, 1.54) is 6.33 Å². The van der Waals surface area contributed by atoms with Crippen LogP contribution < -0.4 is 20.9 Å². The van der Waals surface area contributed by atoms with Crippen molar-refractivity contribution < 1.29 is 9.53 Å². The molecule has 8 nitrogen and oxygen atoms in total. The summed E-state index contributed by atoms with van der Waals surface area (Å²) in [6.45, 7) is 4.55. The van der Waals surface area contributed by atoms with Crippen molar-refractivity contribution in [1.82, 2.24) is 14.9 Å². The molecule has 0 atom stereocenters. The number of anilines is 2. The van der Waals surface area contributed by atoms with Crippen LogP contribution in [-0.2, 0) is 4.79 Å². The van der Waals surface area contributed by atoms with E-state index in [-0.39, 0.29) is 5.91 Å². The molecule has 0 unspecified atom stereocenters. The van der Waals surface area contributed by atoms with Crippen LogP contribution in [-0.4, -0.2) is 54.1 Å². The van der Waals surface area contributed by atoms with Crippen molar-refractivity contribution in [3.05, 3.63) is 6.33 Å². The van der Waals surface area contributed by atoms with Crippen molar-refractivity contribution >= 4 is 17.5 Å². The predicted molar refractivity (Wildman–Crippen MR) is 75.5 cm³/mol. The predicted octanol–water partition coefficient (Wildman–Crippen LogP) is -0.171. The molecule has 0 saturated carbocycles. The average molecular weight is 280 g/mol. The number of amides is 1. The quantitative estimate of drug-likeness (QED) is 0.586. The zero-order chi connectivity index (χ0) is 14.5. The van der Waals surface area contributed by atoms with Crippen molar-refractivity contribution in [1.29, 1.82) is 0 Å². The average Bonchev–Trinajstić information content (AvgIpc) is 2.72. The molecule has 1 aliphatic heterocycles. The zero-order valence-corrected chi connectivity index (χ0v) is 11.8. The Morgan fingerprint density at radius 1 is 1.35 bits per heavy atom. The van der Waals surface area contributed by atoms with E-state index in [0.717, 1.165) is 19.5 Å².